The number of rotatable bonds is 5. The number of carbonyl (C=O) groups excluding carboxylic acids is 1. The fourth-order valence-electron chi connectivity index (χ4n) is 4.01. The number of likely N-dealkylation sites (N-methyl/N-ethyl adjacent to an activating group) is 1. The molecule has 0 aromatic rings. The third kappa shape index (κ3) is 4.00. The van der Waals surface area contributed by atoms with Crippen LogP contribution >= 0.6 is 0 Å². The molecule has 2 atom stereocenters. The van der Waals surface area contributed by atoms with Crippen molar-refractivity contribution in [3.63, 3.8) is 0 Å². The lowest BCUT2D eigenvalue weighted by atomic mass is 10.0. The molecule has 0 aromatic carbocycles. The molecule has 0 bridgehead atoms. The maximum absolute atomic E-state index is 12.4. The Kier molecular flexibility index (Phi) is 5.71. The first-order valence-electron chi connectivity index (χ1n) is 9.08. The fraction of sp³-hybridized carbons (Fsp3) is 0.941. The van der Waals surface area contributed by atoms with Crippen LogP contribution in [0.5, 0.6) is 0 Å². The zero-order valence-electron chi connectivity index (χ0n) is 14.0. The minimum Gasteiger partial charge on any atom is -0.381 e. The zero-order valence-corrected chi connectivity index (χ0v) is 14.0. The second kappa shape index (κ2) is 7.75. The molecular weight excluding hydrogens is 278 g/mol. The summed E-state index contributed by atoms with van der Waals surface area (Å²) in [6.07, 6.45) is 4.02. The van der Waals surface area contributed by atoms with Crippen molar-refractivity contribution < 1.29 is 9.53 Å². The Bertz CT molecular complexity index is 363. The molecular formula is C17H31N3O2. The van der Waals surface area contributed by atoms with Crippen LogP contribution in [0.4, 0.5) is 0 Å². The van der Waals surface area contributed by atoms with Crippen LogP contribution in [-0.2, 0) is 9.53 Å². The van der Waals surface area contributed by atoms with E-state index in [9.17, 15) is 4.79 Å². The predicted molar refractivity (Wildman–Crippen MR) is 86.8 cm³/mol. The normalized spacial score (nSPS) is 31.0. The molecule has 0 spiro atoms. The second-order valence-electron chi connectivity index (χ2n) is 7.02. The van der Waals surface area contributed by atoms with Crippen molar-refractivity contribution in [1.29, 1.82) is 0 Å². The Hall–Kier alpha value is -0.650. The van der Waals surface area contributed by atoms with Gasteiger partial charge in [0.15, 0.2) is 0 Å². The molecule has 3 aliphatic rings. The van der Waals surface area contributed by atoms with Crippen LogP contribution in [0.3, 0.4) is 0 Å². The maximum Gasteiger partial charge on any atom is 0.222 e. The van der Waals surface area contributed by atoms with Crippen molar-refractivity contribution in [2.45, 2.75) is 38.6 Å². The fourth-order valence-corrected chi connectivity index (χ4v) is 4.01. The van der Waals surface area contributed by atoms with Gasteiger partial charge in [-0.3, -0.25) is 9.69 Å². The smallest absolute Gasteiger partial charge is 0.222 e. The van der Waals surface area contributed by atoms with Gasteiger partial charge in [0, 0.05) is 64.9 Å². The summed E-state index contributed by atoms with van der Waals surface area (Å²) in [4.78, 5) is 19.6. The third-order valence-corrected chi connectivity index (χ3v) is 5.68. The number of nitrogens with zero attached hydrogens (tertiary/aromatic N) is 3. The van der Waals surface area contributed by atoms with Crippen molar-refractivity contribution >= 4 is 5.91 Å². The average Bonchev–Trinajstić information content (AvgIpc) is 3.24. The highest BCUT2D eigenvalue weighted by atomic mass is 16.5. The average molecular weight is 309 g/mol. The second-order valence-corrected chi connectivity index (χ2v) is 7.02. The van der Waals surface area contributed by atoms with Crippen molar-refractivity contribution in [3.05, 3.63) is 0 Å². The van der Waals surface area contributed by atoms with Gasteiger partial charge in [-0.05, 0) is 31.7 Å². The Morgan fingerprint density at radius 1 is 1.14 bits per heavy atom. The van der Waals surface area contributed by atoms with Crippen molar-refractivity contribution in [1.82, 2.24) is 14.7 Å². The highest BCUT2D eigenvalue weighted by Crippen LogP contribution is 2.21. The van der Waals surface area contributed by atoms with Gasteiger partial charge in [-0.1, -0.05) is 6.92 Å². The zero-order chi connectivity index (χ0) is 15.4. The maximum atomic E-state index is 12.4. The van der Waals surface area contributed by atoms with Gasteiger partial charge in [0.2, 0.25) is 5.91 Å². The molecule has 3 saturated heterocycles. The lowest BCUT2D eigenvalue weighted by Crippen LogP contribution is -2.51. The molecule has 3 fully saturated rings. The minimum atomic E-state index is 0.363. The summed E-state index contributed by atoms with van der Waals surface area (Å²) >= 11 is 0. The van der Waals surface area contributed by atoms with Crippen molar-refractivity contribution in [2.24, 2.45) is 5.92 Å². The molecule has 0 aliphatic carbocycles. The number of likely N-dealkylation sites (tertiary alicyclic amines) is 1. The number of carbonyl (C=O) groups is 1. The van der Waals surface area contributed by atoms with Crippen LogP contribution in [0.2, 0.25) is 0 Å². The number of amides is 1. The topological polar surface area (TPSA) is 36.0 Å². The molecule has 1 amide bonds. The van der Waals surface area contributed by atoms with Gasteiger partial charge in [0.1, 0.15) is 0 Å². The number of hydrogen-bond acceptors (Lipinski definition) is 4. The van der Waals surface area contributed by atoms with E-state index in [4.69, 9.17) is 4.74 Å². The molecule has 126 valence electrons. The summed E-state index contributed by atoms with van der Waals surface area (Å²) in [6, 6.07) is 0.595. The molecule has 22 heavy (non-hydrogen) atoms. The monoisotopic (exact) mass is 309 g/mol. The standard InChI is InChI=1S/C17H31N3O2/c1-2-18-8-10-19(11-9-18)16-5-7-20(13-16)17(21)4-3-15-6-12-22-14-15/h15-16H,2-14H2,1H3. The largest absolute Gasteiger partial charge is 0.381 e. The van der Waals surface area contributed by atoms with Gasteiger partial charge in [0.05, 0.1) is 0 Å². The SMILES string of the molecule is CCN1CCN(C2CCN(C(=O)CCC3CCOC3)C2)CC1. The molecule has 0 N–H and O–H groups in total. The predicted octanol–water partition coefficient (Wildman–Crippen LogP) is 1.04. The van der Waals surface area contributed by atoms with E-state index >= 15 is 0 Å². The molecule has 0 radical (unpaired) electrons. The van der Waals surface area contributed by atoms with Gasteiger partial charge in [-0.15, -0.1) is 0 Å². The van der Waals surface area contributed by atoms with Crippen LogP contribution in [-0.4, -0.2) is 85.7 Å². The van der Waals surface area contributed by atoms with Crippen LogP contribution in [0, 0.1) is 5.92 Å². The van der Waals surface area contributed by atoms with Gasteiger partial charge in [-0.2, -0.15) is 0 Å². The minimum absolute atomic E-state index is 0.363. The molecule has 3 aliphatic heterocycles. The summed E-state index contributed by atoms with van der Waals surface area (Å²) < 4.78 is 5.39. The van der Waals surface area contributed by atoms with Crippen LogP contribution < -0.4 is 0 Å². The number of hydrogen-bond donors (Lipinski definition) is 0. The van der Waals surface area contributed by atoms with E-state index in [-0.39, 0.29) is 0 Å². The van der Waals surface area contributed by atoms with E-state index in [1.807, 2.05) is 0 Å². The summed E-state index contributed by atoms with van der Waals surface area (Å²) in [7, 11) is 0. The van der Waals surface area contributed by atoms with Gasteiger partial charge in [0.25, 0.3) is 0 Å². The van der Waals surface area contributed by atoms with Gasteiger partial charge >= 0.3 is 0 Å². The van der Waals surface area contributed by atoms with E-state index in [0.29, 0.717) is 24.3 Å². The molecule has 5 nitrogen and oxygen atoms in total. The first-order chi connectivity index (χ1) is 10.8. The van der Waals surface area contributed by atoms with E-state index in [1.165, 1.54) is 26.2 Å². The van der Waals surface area contributed by atoms with E-state index in [0.717, 1.165) is 52.1 Å². The van der Waals surface area contributed by atoms with Gasteiger partial charge < -0.3 is 14.5 Å². The molecule has 3 rings (SSSR count). The summed E-state index contributed by atoms with van der Waals surface area (Å²) in [5.41, 5.74) is 0. The molecule has 3 heterocycles. The Labute approximate surface area is 134 Å². The lowest BCUT2D eigenvalue weighted by Gasteiger charge is -2.37. The molecule has 2 unspecified atom stereocenters. The Morgan fingerprint density at radius 2 is 1.95 bits per heavy atom. The Morgan fingerprint density at radius 3 is 2.64 bits per heavy atom. The van der Waals surface area contributed by atoms with Crippen LogP contribution in [0.25, 0.3) is 0 Å². The van der Waals surface area contributed by atoms with Crippen LogP contribution in [0.1, 0.15) is 32.6 Å². The molecule has 5 heteroatoms. The Balaban J connectivity index is 1.39. The molecule has 0 saturated carbocycles. The summed E-state index contributed by atoms with van der Waals surface area (Å²) in [6.45, 7) is 11.7. The summed E-state index contributed by atoms with van der Waals surface area (Å²) in [5.74, 6) is 0.978. The van der Waals surface area contributed by atoms with Crippen molar-refractivity contribution in [3.8, 4) is 0 Å². The van der Waals surface area contributed by atoms with Crippen molar-refractivity contribution in [2.75, 3.05) is 59.0 Å². The van der Waals surface area contributed by atoms with E-state index in [2.05, 4.69) is 21.6 Å². The summed E-state index contributed by atoms with van der Waals surface area (Å²) in [5, 5.41) is 0. The quantitative estimate of drug-likeness (QED) is 0.760. The highest BCUT2D eigenvalue weighted by molar-refractivity contribution is 5.76. The number of piperazine rings is 1. The van der Waals surface area contributed by atoms with Gasteiger partial charge in [-0.25, -0.2) is 0 Å². The van der Waals surface area contributed by atoms with Crippen LogP contribution in [0.15, 0.2) is 0 Å². The number of ether oxygens (including phenoxy) is 1. The lowest BCUT2D eigenvalue weighted by molar-refractivity contribution is -0.130. The van der Waals surface area contributed by atoms with E-state index < -0.39 is 0 Å². The first-order valence-corrected chi connectivity index (χ1v) is 9.08. The molecule has 0 aromatic heterocycles. The third-order valence-electron chi connectivity index (χ3n) is 5.68. The highest BCUT2D eigenvalue weighted by Gasteiger charge is 2.32. The van der Waals surface area contributed by atoms with E-state index in [1.54, 1.807) is 0 Å². The first kappa shape index (κ1) is 16.2.